The van der Waals surface area contributed by atoms with Crippen LogP contribution in [0, 0.1) is 0 Å². The normalized spacial score (nSPS) is 10.8. The highest BCUT2D eigenvalue weighted by molar-refractivity contribution is 7.99. The molecule has 2 aromatic rings. The maximum Gasteiger partial charge on any atom is 0.147 e. The number of rotatable bonds is 4. The standard InChI is InChI=1S/C12H14ClN5S/c1-7(2)9-10(18-14)16-6-17-12(9)19-11-8(13)4-3-5-15-11/h3-7H,14H2,1-2H3,(H,16,17,18). The van der Waals surface area contributed by atoms with Gasteiger partial charge in [0.25, 0.3) is 0 Å². The highest BCUT2D eigenvalue weighted by Crippen LogP contribution is 2.36. The lowest BCUT2D eigenvalue weighted by Crippen LogP contribution is -2.13. The van der Waals surface area contributed by atoms with Gasteiger partial charge in [0.1, 0.15) is 22.2 Å². The average molecular weight is 296 g/mol. The predicted octanol–water partition coefficient (Wildman–Crippen LogP) is 3.09. The zero-order chi connectivity index (χ0) is 13.8. The molecule has 0 spiro atoms. The van der Waals surface area contributed by atoms with Crippen molar-refractivity contribution in [2.24, 2.45) is 5.84 Å². The van der Waals surface area contributed by atoms with Crippen LogP contribution < -0.4 is 11.3 Å². The summed E-state index contributed by atoms with van der Waals surface area (Å²) in [6.45, 7) is 4.12. The van der Waals surface area contributed by atoms with Gasteiger partial charge in [-0.25, -0.2) is 20.8 Å². The first-order valence-electron chi connectivity index (χ1n) is 5.73. The summed E-state index contributed by atoms with van der Waals surface area (Å²) in [6, 6.07) is 3.60. The summed E-state index contributed by atoms with van der Waals surface area (Å²) in [5.74, 6) is 6.35. The lowest BCUT2D eigenvalue weighted by atomic mass is 10.1. The van der Waals surface area contributed by atoms with Crippen molar-refractivity contribution < 1.29 is 0 Å². The molecule has 0 amide bonds. The Labute approximate surface area is 121 Å². The molecule has 0 aliphatic rings. The molecule has 2 aromatic heterocycles. The molecule has 0 saturated carbocycles. The summed E-state index contributed by atoms with van der Waals surface area (Å²) < 4.78 is 0. The Morgan fingerprint density at radius 2 is 2.05 bits per heavy atom. The van der Waals surface area contributed by atoms with E-state index in [1.165, 1.54) is 18.1 Å². The van der Waals surface area contributed by atoms with Gasteiger partial charge in [0, 0.05) is 11.8 Å². The number of anilines is 1. The molecule has 5 nitrogen and oxygen atoms in total. The smallest absolute Gasteiger partial charge is 0.147 e. The lowest BCUT2D eigenvalue weighted by molar-refractivity contribution is 0.803. The van der Waals surface area contributed by atoms with Gasteiger partial charge in [-0.3, -0.25) is 0 Å². The molecule has 2 rings (SSSR count). The minimum atomic E-state index is 0.234. The van der Waals surface area contributed by atoms with Gasteiger partial charge >= 0.3 is 0 Å². The molecular weight excluding hydrogens is 282 g/mol. The average Bonchev–Trinajstić information content (AvgIpc) is 2.40. The largest absolute Gasteiger partial charge is 0.308 e. The van der Waals surface area contributed by atoms with Crippen molar-refractivity contribution in [3.05, 3.63) is 35.2 Å². The zero-order valence-electron chi connectivity index (χ0n) is 10.6. The van der Waals surface area contributed by atoms with Crippen LogP contribution in [-0.2, 0) is 0 Å². The van der Waals surface area contributed by atoms with Crippen molar-refractivity contribution in [1.29, 1.82) is 0 Å². The van der Waals surface area contributed by atoms with Crippen molar-refractivity contribution in [2.75, 3.05) is 5.43 Å². The van der Waals surface area contributed by atoms with E-state index < -0.39 is 0 Å². The summed E-state index contributed by atoms with van der Waals surface area (Å²) in [7, 11) is 0. The van der Waals surface area contributed by atoms with Gasteiger partial charge in [-0.1, -0.05) is 25.4 Å². The van der Waals surface area contributed by atoms with Crippen molar-refractivity contribution in [3.8, 4) is 0 Å². The molecular formula is C12H14ClN5S. The van der Waals surface area contributed by atoms with Crippen LogP contribution in [0.25, 0.3) is 0 Å². The number of hydrazine groups is 1. The first kappa shape index (κ1) is 14.0. The summed E-state index contributed by atoms with van der Waals surface area (Å²) in [4.78, 5) is 12.7. The van der Waals surface area contributed by atoms with E-state index in [-0.39, 0.29) is 5.92 Å². The fourth-order valence-electron chi connectivity index (χ4n) is 1.63. The molecule has 0 saturated heterocycles. The van der Waals surface area contributed by atoms with Crippen LogP contribution in [-0.4, -0.2) is 15.0 Å². The molecule has 0 fully saturated rings. The van der Waals surface area contributed by atoms with Crippen LogP contribution in [0.15, 0.2) is 34.7 Å². The van der Waals surface area contributed by atoms with Gasteiger partial charge in [-0.05, 0) is 29.8 Å². The van der Waals surface area contributed by atoms with Gasteiger partial charge in [-0.2, -0.15) is 0 Å². The van der Waals surface area contributed by atoms with E-state index in [0.717, 1.165) is 10.6 Å². The number of nitrogens with two attached hydrogens (primary N) is 1. The lowest BCUT2D eigenvalue weighted by Gasteiger charge is -2.14. The van der Waals surface area contributed by atoms with Crippen molar-refractivity contribution in [1.82, 2.24) is 15.0 Å². The topological polar surface area (TPSA) is 76.7 Å². The Morgan fingerprint density at radius 1 is 1.26 bits per heavy atom. The quantitative estimate of drug-likeness (QED) is 0.513. The summed E-state index contributed by atoms with van der Waals surface area (Å²) in [5, 5.41) is 2.12. The monoisotopic (exact) mass is 295 g/mol. The number of nitrogens with zero attached hydrogens (tertiary/aromatic N) is 3. The Bertz CT molecular complexity index is 576. The van der Waals surface area contributed by atoms with Crippen molar-refractivity contribution in [2.45, 2.75) is 29.8 Å². The summed E-state index contributed by atoms with van der Waals surface area (Å²) in [6.07, 6.45) is 3.17. The van der Waals surface area contributed by atoms with E-state index in [1.807, 2.05) is 0 Å². The molecule has 7 heteroatoms. The first-order chi connectivity index (χ1) is 9.13. The molecule has 0 unspecified atom stereocenters. The molecule has 0 radical (unpaired) electrons. The van der Waals surface area contributed by atoms with Gasteiger partial charge < -0.3 is 5.43 Å². The van der Waals surface area contributed by atoms with Crippen LogP contribution in [0.5, 0.6) is 0 Å². The molecule has 0 atom stereocenters. The summed E-state index contributed by atoms with van der Waals surface area (Å²) >= 11 is 7.52. The van der Waals surface area contributed by atoms with Crippen LogP contribution in [0.3, 0.4) is 0 Å². The fraction of sp³-hybridized carbons (Fsp3) is 0.250. The Balaban J connectivity index is 2.43. The molecule has 0 aliphatic heterocycles. The molecule has 0 bridgehead atoms. The highest BCUT2D eigenvalue weighted by Gasteiger charge is 2.16. The summed E-state index contributed by atoms with van der Waals surface area (Å²) in [5.41, 5.74) is 3.56. The SMILES string of the molecule is CC(C)c1c(NN)ncnc1Sc1ncccc1Cl. The fourth-order valence-corrected chi connectivity index (χ4v) is 2.88. The second-order valence-corrected chi connectivity index (χ2v) is 5.52. The Hall–Kier alpha value is -1.37. The van der Waals surface area contributed by atoms with Crippen molar-refractivity contribution >= 4 is 29.2 Å². The van der Waals surface area contributed by atoms with Crippen molar-refractivity contribution in [3.63, 3.8) is 0 Å². The number of halogens is 1. The van der Waals surface area contributed by atoms with Gasteiger partial charge in [0.2, 0.25) is 0 Å². The Morgan fingerprint density at radius 3 is 2.68 bits per heavy atom. The third-order valence-corrected chi connectivity index (χ3v) is 3.93. The zero-order valence-corrected chi connectivity index (χ0v) is 12.2. The number of pyridine rings is 1. The van der Waals surface area contributed by atoms with Crippen LogP contribution >= 0.6 is 23.4 Å². The third-order valence-electron chi connectivity index (χ3n) is 2.48. The van der Waals surface area contributed by atoms with Gasteiger partial charge in [0.05, 0.1) is 5.02 Å². The second kappa shape index (κ2) is 6.18. The molecule has 19 heavy (non-hydrogen) atoms. The van der Waals surface area contributed by atoms with Gasteiger partial charge in [0.15, 0.2) is 0 Å². The van der Waals surface area contributed by atoms with Gasteiger partial charge in [-0.15, -0.1) is 0 Å². The molecule has 100 valence electrons. The number of aromatic nitrogens is 3. The highest BCUT2D eigenvalue weighted by atomic mass is 35.5. The van der Waals surface area contributed by atoms with E-state index in [4.69, 9.17) is 17.4 Å². The molecule has 3 N–H and O–H groups in total. The third kappa shape index (κ3) is 3.15. The van der Waals surface area contributed by atoms with E-state index >= 15 is 0 Å². The number of hydrogen-bond donors (Lipinski definition) is 2. The van der Waals surface area contributed by atoms with Crippen LogP contribution in [0.4, 0.5) is 5.82 Å². The maximum absolute atomic E-state index is 6.11. The molecule has 0 aliphatic carbocycles. The van der Waals surface area contributed by atoms with E-state index in [0.29, 0.717) is 15.9 Å². The number of hydrogen-bond acceptors (Lipinski definition) is 6. The number of nitrogen functional groups attached to an aromatic ring is 1. The maximum atomic E-state index is 6.11. The number of nitrogens with one attached hydrogen (secondary N) is 1. The van der Waals surface area contributed by atoms with E-state index in [9.17, 15) is 0 Å². The minimum absolute atomic E-state index is 0.234. The van der Waals surface area contributed by atoms with Crippen LogP contribution in [0.1, 0.15) is 25.3 Å². The molecule has 0 aromatic carbocycles. The second-order valence-electron chi connectivity index (χ2n) is 4.13. The van der Waals surface area contributed by atoms with E-state index in [2.05, 4.69) is 34.2 Å². The Kier molecular flexibility index (Phi) is 4.57. The minimum Gasteiger partial charge on any atom is -0.308 e. The van der Waals surface area contributed by atoms with Crippen LogP contribution in [0.2, 0.25) is 5.02 Å². The molecule has 2 heterocycles. The van der Waals surface area contributed by atoms with E-state index in [1.54, 1.807) is 18.3 Å². The first-order valence-corrected chi connectivity index (χ1v) is 6.92. The predicted molar refractivity (Wildman–Crippen MR) is 77.3 cm³/mol.